The number of H-pyrrole nitrogens is 1. The van der Waals surface area contributed by atoms with E-state index in [4.69, 9.17) is 16.3 Å². The topological polar surface area (TPSA) is 50.8 Å². The van der Waals surface area contributed by atoms with Gasteiger partial charge in [-0.1, -0.05) is 48.5 Å². The summed E-state index contributed by atoms with van der Waals surface area (Å²) in [5.41, 5.74) is 0.840. The van der Waals surface area contributed by atoms with Crippen LogP contribution in [-0.4, -0.2) is 20.9 Å². The van der Waals surface area contributed by atoms with Gasteiger partial charge in [0, 0.05) is 17.0 Å². The summed E-state index contributed by atoms with van der Waals surface area (Å²) in [6.45, 7) is 2.04. The molecule has 7 heteroatoms. The fraction of sp³-hybridized carbons (Fsp3) is 0.176. The van der Waals surface area contributed by atoms with Crippen LogP contribution in [0.1, 0.15) is 18.3 Å². The molecule has 0 amide bonds. The number of rotatable bonds is 6. The second kappa shape index (κ2) is 7.68. The first-order valence-electron chi connectivity index (χ1n) is 7.40. The lowest BCUT2D eigenvalue weighted by Crippen LogP contribution is -1.97. The Kier molecular flexibility index (Phi) is 5.37. The smallest absolute Gasteiger partial charge is 0.208 e. The van der Waals surface area contributed by atoms with Gasteiger partial charge in [-0.25, -0.2) is 9.37 Å². The van der Waals surface area contributed by atoms with E-state index in [2.05, 4.69) is 15.2 Å². The predicted molar refractivity (Wildman–Crippen MR) is 93.5 cm³/mol. The first-order chi connectivity index (χ1) is 11.7. The summed E-state index contributed by atoms with van der Waals surface area (Å²) in [7, 11) is 0. The average Bonchev–Trinajstić information content (AvgIpc) is 3.00. The molecule has 0 saturated carbocycles. The number of para-hydroxylation sites is 1. The van der Waals surface area contributed by atoms with Gasteiger partial charge in [0.1, 0.15) is 11.6 Å². The van der Waals surface area contributed by atoms with Crippen molar-refractivity contribution in [2.45, 2.75) is 18.5 Å². The Labute approximate surface area is 148 Å². The van der Waals surface area contributed by atoms with E-state index in [1.165, 1.54) is 6.07 Å². The van der Waals surface area contributed by atoms with E-state index in [-0.39, 0.29) is 5.75 Å². The van der Waals surface area contributed by atoms with Gasteiger partial charge in [0.15, 0.2) is 11.6 Å². The Morgan fingerprint density at radius 1 is 1.21 bits per heavy atom. The molecule has 0 fully saturated rings. The van der Waals surface area contributed by atoms with E-state index >= 15 is 0 Å². The number of benzene rings is 2. The van der Waals surface area contributed by atoms with Crippen molar-refractivity contribution in [2.75, 3.05) is 5.75 Å². The maximum atomic E-state index is 13.8. The zero-order chi connectivity index (χ0) is 16.9. The summed E-state index contributed by atoms with van der Waals surface area (Å²) in [6.07, 6.45) is 0.484. The third-order valence-electron chi connectivity index (χ3n) is 3.23. The summed E-state index contributed by atoms with van der Waals surface area (Å²) < 4.78 is 19.6. The van der Waals surface area contributed by atoms with Gasteiger partial charge in [-0.3, -0.25) is 5.10 Å². The molecule has 0 aliphatic rings. The minimum atomic E-state index is -0.426. The van der Waals surface area contributed by atoms with Gasteiger partial charge in [-0.05, 0) is 30.0 Å². The lowest BCUT2D eigenvalue weighted by Gasteiger charge is -2.11. The highest BCUT2D eigenvalue weighted by molar-refractivity contribution is 7.99. The van der Waals surface area contributed by atoms with Gasteiger partial charge in [-0.15, -0.1) is 5.10 Å². The number of hydrogen-bond acceptors (Lipinski definition) is 4. The second-order valence-electron chi connectivity index (χ2n) is 4.96. The number of halogens is 2. The first-order valence-corrected chi connectivity index (χ1v) is 8.77. The van der Waals surface area contributed by atoms with E-state index < -0.39 is 5.82 Å². The zero-order valence-electron chi connectivity index (χ0n) is 12.9. The molecule has 0 unspecified atom stereocenters. The zero-order valence-corrected chi connectivity index (χ0v) is 14.5. The fourth-order valence-corrected chi connectivity index (χ4v) is 2.85. The summed E-state index contributed by atoms with van der Waals surface area (Å²) in [4.78, 5) is 4.42. The van der Waals surface area contributed by atoms with E-state index in [1.807, 2.05) is 13.0 Å². The third kappa shape index (κ3) is 4.07. The van der Waals surface area contributed by atoms with Crippen molar-refractivity contribution in [1.29, 1.82) is 0 Å². The monoisotopic (exact) mass is 363 g/mol. The number of nitrogens with one attached hydrogen (secondary N) is 1. The molecule has 3 aromatic rings. The van der Waals surface area contributed by atoms with Crippen LogP contribution in [-0.2, 0) is 6.42 Å². The number of nitrogens with zero attached hydrogens (tertiary/aromatic N) is 2. The van der Waals surface area contributed by atoms with Gasteiger partial charge in [-0.2, -0.15) is 0 Å². The first kappa shape index (κ1) is 16.8. The molecule has 4 nitrogen and oxygen atoms in total. The summed E-state index contributed by atoms with van der Waals surface area (Å²) in [5.74, 6) is 1.84. The molecule has 2 aromatic carbocycles. The van der Waals surface area contributed by atoms with Gasteiger partial charge >= 0.3 is 0 Å². The van der Waals surface area contributed by atoms with Crippen LogP contribution in [0.15, 0.2) is 47.6 Å². The quantitative estimate of drug-likeness (QED) is 0.619. The fourth-order valence-electron chi connectivity index (χ4n) is 2.15. The highest BCUT2D eigenvalue weighted by Gasteiger charge is 2.12. The molecule has 0 atom stereocenters. The van der Waals surface area contributed by atoms with Crippen LogP contribution in [0.4, 0.5) is 4.39 Å². The normalized spacial score (nSPS) is 10.8. The molecular formula is C17H15ClFN3OS. The molecule has 124 valence electrons. The standard InChI is InChI=1S/C17H15ClFN3OS/c1-2-24-17-20-16(21-22-17)9-11-7-8-12(18)10-15(11)23-14-6-4-3-5-13(14)19/h3-8,10H,2,9H2,1H3,(H,20,21,22). The van der Waals surface area contributed by atoms with Crippen molar-refractivity contribution in [3.8, 4) is 11.5 Å². The number of ether oxygens (including phenoxy) is 1. The number of hydrogen-bond donors (Lipinski definition) is 1. The van der Waals surface area contributed by atoms with Crippen LogP contribution in [0.25, 0.3) is 0 Å². The SMILES string of the molecule is CCSc1n[nH]c(Cc2ccc(Cl)cc2Oc2ccccc2F)n1. The predicted octanol–water partition coefficient (Wildman–Crippen LogP) is 5.09. The molecule has 0 radical (unpaired) electrons. The van der Waals surface area contributed by atoms with Gasteiger partial charge < -0.3 is 4.74 Å². The van der Waals surface area contributed by atoms with Crippen LogP contribution < -0.4 is 4.74 Å². The molecule has 3 rings (SSSR count). The van der Waals surface area contributed by atoms with Crippen LogP contribution in [0.5, 0.6) is 11.5 Å². The Balaban J connectivity index is 1.86. The Bertz CT molecular complexity index is 840. The Morgan fingerprint density at radius 2 is 2.04 bits per heavy atom. The molecule has 24 heavy (non-hydrogen) atoms. The highest BCUT2D eigenvalue weighted by atomic mass is 35.5. The van der Waals surface area contributed by atoms with E-state index in [1.54, 1.807) is 42.1 Å². The lowest BCUT2D eigenvalue weighted by molar-refractivity contribution is 0.438. The minimum absolute atomic E-state index is 0.154. The van der Waals surface area contributed by atoms with Crippen molar-refractivity contribution in [1.82, 2.24) is 15.2 Å². The Hall–Kier alpha value is -2.05. The van der Waals surface area contributed by atoms with Gasteiger partial charge in [0.2, 0.25) is 5.16 Å². The van der Waals surface area contributed by atoms with Gasteiger partial charge in [0.05, 0.1) is 0 Å². The molecule has 1 heterocycles. The number of aromatic amines is 1. The summed E-state index contributed by atoms with van der Waals surface area (Å²) >= 11 is 7.62. The van der Waals surface area contributed by atoms with Crippen molar-refractivity contribution in [2.24, 2.45) is 0 Å². The largest absolute Gasteiger partial charge is 0.454 e. The molecule has 0 bridgehead atoms. The van der Waals surface area contributed by atoms with Crippen LogP contribution in [0, 0.1) is 5.82 Å². The summed E-state index contributed by atoms with van der Waals surface area (Å²) in [5, 5.41) is 8.28. The molecule has 1 N–H and O–H groups in total. The van der Waals surface area contributed by atoms with E-state index in [9.17, 15) is 4.39 Å². The van der Waals surface area contributed by atoms with E-state index in [0.717, 1.165) is 11.3 Å². The highest BCUT2D eigenvalue weighted by Crippen LogP contribution is 2.31. The van der Waals surface area contributed by atoms with Crippen molar-refractivity contribution < 1.29 is 9.13 Å². The second-order valence-corrected chi connectivity index (χ2v) is 6.63. The Morgan fingerprint density at radius 3 is 2.83 bits per heavy atom. The molecular weight excluding hydrogens is 349 g/mol. The van der Waals surface area contributed by atoms with Gasteiger partial charge in [0.25, 0.3) is 0 Å². The van der Waals surface area contributed by atoms with Crippen molar-refractivity contribution >= 4 is 23.4 Å². The third-order valence-corrected chi connectivity index (χ3v) is 4.19. The molecule has 1 aromatic heterocycles. The van der Waals surface area contributed by atoms with E-state index in [0.29, 0.717) is 28.2 Å². The molecule has 0 saturated heterocycles. The van der Waals surface area contributed by atoms with Crippen molar-refractivity contribution in [3.63, 3.8) is 0 Å². The maximum absolute atomic E-state index is 13.8. The minimum Gasteiger partial charge on any atom is -0.454 e. The number of thioether (sulfide) groups is 1. The maximum Gasteiger partial charge on any atom is 0.208 e. The van der Waals surface area contributed by atoms with Crippen molar-refractivity contribution in [3.05, 3.63) is 64.7 Å². The lowest BCUT2D eigenvalue weighted by atomic mass is 10.1. The van der Waals surface area contributed by atoms with Crippen LogP contribution >= 0.6 is 23.4 Å². The molecule has 0 spiro atoms. The van der Waals surface area contributed by atoms with Crippen LogP contribution in [0.2, 0.25) is 5.02 Å². The molecule has 0 aliphatic heterocycles. The molecule has 0 aliphatic carbocycles. The number of aromatic nitrogens is 3. The van der Waals surface area contributed by atoms with Crippen LogP contribution in [0.3, 0.4) is 0 Å². The average molecular weight is 364 g/mol. The summed E-state index contributed by atoms with van der Waals surface area (Å²) in [6, 6.07) is 11.5.